The lowest BCUT2D eigenvalue weighted by atomic mass is 9.63. The van der Waals surface area contributed by atoms with Gasteiger partial charge in [-0.3, -0.25) is 9.59 Å². The van der Waals surface area contributed by atoms with Gasteiger partial charge in [-0.05, 0) is 55.2 Å². The van der Waals surface area contributed by atoms with Crippen LogP contribution in [0.1, 0.15) is 53.2 Å². The maximum absolute atomic E-state index is 16.2. The maximum Gasteiger partial charge on any atom is 0.207 e. The van der Waals surface area contributed by atoms with Gasteiger partial charge in [-0.2, -0.15) is 0 Å². The average Bonchev–Trinajstić information content (AvgIpc) is 3.32. The van der Waals surface area contributed by atoms with Crippen molar-refractivity contribution in [3.63, 3.8) is 0 Å². The highest BCUT2D eigenvalue weighted by Gasteiger charge is 2.60. The van der Waals surface area contributed by atoms with Gasteiger partial charge in [-0.25, -0.2) is 19.9 Å². The van der Waals surface area contributed by atoms with Crippen LogP contribution in [0.3, 0.4) is 0 Å². The maximum atomic E-state index is 16.2. The van der Waals surface area contributed by atoms with Crippen molar-refractivity contribution in [1.82, 2.24) is 19.9 Å². The van der Waals surface area contributed by atoms with E-state index < -0.39 is 27.8 Å². The molecule has 0 spiro atoms. The van der Waals surface area contributed by atoms with E-state index in [9.17, 15) is 0 Å². The van der Waals surface area contributed by atoms with E-state index in [0.29, 0.717) is 22.8 Å². The molecule has 10 rings (SSSR count). The summed E-state index contributed by atoms with van der Waals surface area (Å²) in [7, 11) is 0. The number of aromatic nitrogens is 4. The molecule has 6 nitrogen and oxygen atoms in total. The zero-order chi connectivity index (χ0) is 45.1. The van der Waals surface area contributed by atoms with E-state index in [4.69, 9.17) is 19.9 Å². The first kappa shape index (κ1) is 41.3. The summed E-state index contributed by atoms with van der Waals surface area (Å²) in [5.74, 6) is -0.736. The van der Waals surface area contributed by atoms with Gasteiger partial charge in [0.1, 0.15) is 0 Å². The van der Waals surface area contributed by atoms with Crippen LogP contribution in [-0.2, 0) is 15.0 Å². The Bertz CT molecular complexity index is 3070. The molecule has 0 aliphatic carbocycles. The van der Waals surface area contributed by atoms with E-state index in [1.165, 1.54) is 0 Å². The van der Waals surface area contributed by atoms with Crippen LogP contribution in [0, 0.1) is 10.8 Å². The Kier molecular flexibility index (Phi) is 10.1. The Morgan fingerprint density at radius 1 is 0.323 bits per heavy atom. The molecule has 0 unspecified atom stereocenters. The second-order valence-electron chi connectivity index (χ2n) is 18.9. The third-order valence-electron chi connectivity index (χ3n) is 12.4. The molecule has 65 heavy (non-hydrogen) atoms. The number of hydrogen-bond acceptors (Lipinski definition) is 6. The minimum atomic E-state index is -2.20. The summed E-state index contributed by atoms with van der Waals surface area (Å²) in [6.45, 7) is 11.1. The number of ketones is 2. The third kappa shape index (κ3) is 7.16. The summed E-state index contributed by atoms with van der Waals surface area (Å²) in [5.41, 5.74) is 1.26. The SMILES string of the molecule is CC(C)(C)C(=O)C(C(=O)C(C)(C)C)(c1nc(-c2cccc3ccccc23)cc(-c2cccc3ccccc23)n1)c1nc(-c2cccc3ccccc23)cc(-c2cccc3ccccc23)n1. The van der Waals surface area contributed by atoms with Crippen molar-refractivity contribution in [2.75, 3.05) is 0 Å². The molecule has 8 aromatic carbocycles. The fourth-order valence-corrected chi connectivity index (χ4v) is 9.31. The van der Waals surface area contributed by atoms with Crippen LogP contribution in [0.4, 0.5) is 0 Å². The van der Waals surface area contributed by atoms with Crippen molar-refractivity contribution in [1.29, 1.82) is 0 Å². The molecule has 0 bridgehead atoms. The normalized spacial score (nSPS) is 12.3. The van der Waals surface area contributed by atoms with Crippen molar-refractivity contribution in [3.8, 4) is 45.0 Å². The van der Waals surface area contributed by atoms with Gasteiger partial charge in [0, 0.05) is 33.1 Å². The van der Waals surface area contributed by atoms with Crippen LogP contribution in [0.25, 0.3) is 88.1 Å². The first-order valence-electron chi connectivity index (χ1n) is 22.1. The first-order valence-corrected chi connectivity index (χ1v) is 22.1. The smallest absolute Gasteiger partial charge is 0.207 e. The Morgan fingerprint density at radius 3 is 0.800 bits per heavy atom. The minimum absolute atomic E-state index is 0.0321. The minimum Gasteiger partial charge on any atom is -0.297 e. The van der Waals surface area contributed by atoms with Gasteiger partial charge in [-0.1, -0.05) is 211 Å². The highest BCUT2D eigenvalue weighted by Crippen LogP contribution is 2.46. The zero-order valence-corrected chi connectivity index (χ0v) is 37.4. The second kappa shape index (κ2) is 15.8. The van der Waals surface area contributed by atoms with Crippen LogP contribution < -0.4 is 0 Å². The van der Waals surface area contributed by atoms with E-state index >= 15 is 9.59 Å². The zero-order valence-electron chi connectivity index (χ0n) is 37.4. The Morgan fingerprint density at radius 2 is 0.554 bits per heavy atom. The summed E-state index contributed by atoms with van der Waals surface area (Å²) < 4.78 is 0. The van der Waals surface area contributed by atoms with Crippen molar-refractivity contribution in [2.45, 2.75) is 47.0 Å². The molecule has 2 aromatic heterocycles. The Balaban J connectivity index is 1.39. The van der Waals surface area contributed by atoms with Gasteiger partial charge < -0.3 is 0 Å². The molecule has 0 aliphatic rings. The molecule has 2 heterocycles. The van der Waals surface area contributed by atoms with Gasteiger partial charge in [0.15, 0.2) is 23.2 Å². The number of benzene rings is 8. The van der Waals surface area contributed by atoms with Crippen LogP contribution in [0.2, 0.25) is 0 Å². The molecule has 10 aromatic rings. The summed E-state index contributed by atoms with van der Waals surface area (Å²) in [5, 5.41) is 8.04. The lowest BCUT2D eigenvalue weighted by Crippen LogP contribution is -2.55. The standard InChI is InChI=1S/C59H48N4O2/c1-57(2,3)53(64)59(54(65)58(4,5)6,55-60-49(45-31-15-23-37-19-7-11-27-41(37)45)35-50(61-55)46-32-16-24-38-20-8-12-28-42(38)46)56-62-51(47-33-17-25-39-21-9-13-29-43(39)47)36-52(63-56)48-34-18-26-40-22-10-14-30-44(40)48/h7-36H,1-6H3. The molecule has 0 saturated carbocycles. The molecule has 6 heteroatoms. The molecule has 316 valence electrons. The number of nitrogens with zero attached hydrogens (tertiary/aromatic N) is 4. The molecule has 0 saturated heterocycles. The largest absolute Gasteiger partial charge is 0.297 e. The van der Waals surface area contributed by atoms with Gasteiger partial charge in [0.2, 0.25) is 5.41 Å². The number of hydrogen-bond donors (Lipinski definition) is 0. The van der Waals surface area contributed by atoms with Crippen LogP contribution in [0.5, 0.6) is 0 Å². The van der Waals surface area contributed by atoms with Crippen LogP contribution in [0.15, 0.2) is 182 Å². The number of carbonyl (C=O) groups is 2. The topological polar surface area (TPSA) is 85.7 Å². The fraction of sp³-hybridized carbons (Fsp3) is 0.153. The molecular formula is C59H48N4O2. The van der Waals surface area contributed by atoms with Gasteiger partial charge in [-0.15, -0.1) is 0 Å². The predicted octanol–water partition coefficient (Wildman–Crippen LogP) is 14.1. The van der Waals surface area contributed by atoms with Crippen LogP contribution >= 0.6 is 0 Å². The van der Waals surface area contributed by atoms with Gasteiger partial charge in [0.25, 0.3) is 0 Å². The molecule has 0 radical (unpaired) electrons. The highest BCUT2D eigenvalue weighted by atomic mass is 16.2. The summed E-state index contributed by atoms with van der Waals surface area (Å²) >= 11 is 0. The summed E-state index contributed by atoms with van der Waals surface area (Å²) in [6.07, 6.45) is 0. The van der Waals surface area contributed by atoms with Crippen molar-refractivity contribution < 1.29 is 9.59 Å². The number of fused-ring (bicyclic) bond motifs is 4. The van der Waals surface area contributed by atoms with E-state index in [1.807, 2.05) is 151 Å². The van der Waals surface area contributed by atoms with E-state index in [2.05, 4.69) is 72.8 Å². The monoisotopic (exact) mass is 844 g/mol. The third-order valence-corrected chi connectivity index (χ3v) is 12.4. The van der Waals surface area contributed by atoms with E-state index in [0.717, 1.165) is 65.3 Å². The van der Waals surface area contributed by atoms with Crippen molar-refractivity contribution in [3.05, 3.63) is 194 Å². The average molecular weight is 845 g/mol. The van der Waals surface area contributed by atoms with Gasteiger partial charge >= 0.3 is 0 Å². The molecule has 0 atom stereocenters. The summed E-state index contributed by atoms with van der Waals surface area (Å²) in [4.78, 5) is 54.3. The molecule has 0 fully saturated rings. The van der Waals surface area contributed by atoms with E-state index in [-0.39, 0.29) is 11.6 Å². The molecular weight excluding hydrogens is 797 g/mol. The fourth-order valence-electron chi connectivity index (χ4n) is 9.31. The quantitative estimate of drug-likeness (QED) is 0.142. The second-order valence-corrected chi connectivity index (χ2v) is 18.9. The number of carbonyl (C=O) groups excluding carboxylic acids is 2. The van der Waals surface area contributed by atoms with Gasteiger partial charge in [0.05, 0.1) is 22.8 Å². The molecule has 0 aliphatic heterocycles. The number of Topliss-reactive ketones (excluding diaryl/α,β-unsaturated/α-hetero) is 2. The number of rotatable bonds is 8. The Hall–Kier alpha value is -7.70. The Labute approximate surface area is 379 Å². The first-order chi connectivity index (χ1) is 31.3. The molecule has 0 amide bonds. The van der Waals surface area contributed by atoms with E-state index in [1.54, 1.807) is 0 Å². The predicted molar refractivity (Wildman–Crippen MR) is 266 cm³/mol. The van der Waals surface area contributed by atoms with Crippen LogP contribution in [-0.4, -0.2) is 31.5 Å². The lowest BCUT2D eigenvalue weighted by Gasteiger charge is -2.38. The summed E-state index contributed by atoms with van der Waals surface area (Å²) in [6, 6.07) is 61.2. The van der Waals surface area contributed by atoms with Crippen molar-refractivity contribution in [2.24, 2.45) is 10.8 Å². The highest BCUT2D eigenvalue weighted by molar-refractivity contribution is 6.18. The van der Waals surface area contributed by atoms with Crippen molar-refractivity contribution >= 4 is 54.7 Å². The molecule has 0 N–H and O–H groups in total. The lowest BCUT2D eigenvalue weighted by molar-refractivity contribution is -0.143.